The number of aryl methyl sites for hydroxylation is 2. The van der Waals surface area contributed by atoms with E-state index in [4.69, 9.17) is 23.2 Å². The molecule has 3 rings (SSSR count). The number of hydrogen-bond acceptors (Lipinski definition) is 2. The SMILES string of the molecule is CCc1ccc(CCC(=O)N(Cc2c(Cl)cccc2Cl)[C@@H](Cc2ccccc2)C(=O)NCC(C)C)cc1. The maximum atomic E-state index is 13.8. The van der Waals surface area contributed by atoms with E-state index in [1.807, 2.05) is 44.2 Å². The maximum absolute atomic E-state index is 13.8. The largest absolute Gasteiger partial charge is 0.354 e. The van der Waals surface area contributed by atoms with Crippen molar-refractivity contribution >= 4 is 35.0 Å². The second kappa shape index (κ2) is 14.2. The predicted molar refractivity (Wildman–Crippen MR) is 153 cm³/mol. The number of nitrogens with zero attached hydrogens (tertiary/aromatic N) is 1. The van der Waals surface area contributed by atoms with Gasteiger partial charge in [0, 0.05) is 41.5 Å². The number of amides is 2. The Morgan fingerprint density at radius 3 is 2.05 bits per heavy atom. The third kappa shape index (κ3) is 8.62. The highest BCUT2D eigenvalue weighted by molar-refractivity contribution is 6.36. The van der Waals surface area contributed by atoms with Crippen LogP contribution in [0.5, 0.6) is 0 Å². The van der Waals surface area contributed by atoms with Gasteiger partial charge < -0.3 is 10.2 Å². The van der Waals surface area contributed by atoms with Crippen LogP contribution in [0.2, 0.25) is 10.0 Å². The Bertz CT molecular complexity index is 1140. The van der Waals surface area contributed by atoms with Crippen LogP contribution in [0.1, 0.15) is 49.4 Å². The van der Waals surface area contributed by atoms with Crippen molar-refractivity contribution in [1.82, 2.24) is 10.2 Å². The molecule has 2 amide bonds. The molecule has 0 spiro atoms. The summed E-state index contributed by atoms with van der Waals surface area (Å²) in [5.74, 6) is -0.00728. The van der Waals surface area contributed by atoms with Crippen molar-refractivity contribution in [2.45, 2.75) is 59.0 Å². The van der Waals surface area contributed by atoms with Crippen LogP contribution in [-0.2, 0) is 35.4 Å². The third-order valence-corrected chi connectivity index (χ3v) is 7.11. The minimum absolute atomic E-state index is 0.115. The molecule has 4 nitrogen and oxygen atoms in total. The second-order valence-corrected chi connectivity index (χ2v) is 10.6. The molecule has 3 aromatic rings. The van der Waals surface area contributed by atoms with Crippen LogP contribution >= 0.6 is 23.2 Å². The normalized spacial score (nSPS) is 11.8. The first-order chi connectivity index (χ1) is 17.8. The smallest absolute Gasteiger partial charge is 0.243 e. The van der Waals surface area contributed by atoms with Crippen LogP contribution in [0.15, 0.2) is 72.8 Å². The third-order valence-electron chi connectivity index (χ3n) is 6.40. The number of hydrogen-bond donors (Lipinski definition) is 1. The molecule has 0 radical (unpaired) electrons. The number of nitrogens with one attached hydrogen (secondary N) is 1. The van der Waals surface area contributed by atoms with E-state index in [2.05, 4.69) is 36.5 Å². The van der Waals surface area contributed by atoms with Gasteiger partial charge in [-0.05, 0) is 47.6 Å². The molecule has 0 unspecified atom stereocenters. The average molecular weight is 540 g/mol. The van der Waals surface area contributed by atoms with Gasteiger partial charge in [0.05, 0.1) is 0 Å². The fourth-order valence-electron chi connectivity index (χ4n) is 4.17. The van der Waals surface area contributed by atoms with E-state index < -0.39 is 6.04 Å². The topological polar surface area (TPSA) is 49.4 Å². The molecule has 0 aromatic heterocycles. The summed E-state index contributed by atoms with van der Waals surface area (Å²) in [6, 6.07) is 22.7. The van der Waals surface area contributed by atoms with Crippen LogP contribution < -0.4 is 5.32 Å². The summed E-state index contributed by atoms with van der Waals surface area (Å²) in [6.45, 7) is 6.89. The first kappa shape index (κ1) is 28.7. The van der Waals surface area contributed by atoms with E-state index in [1.54, 1.807) is 23.1 Å². The summed E-state index contributed by atoms with van der Waals surface area (Å²) in [5, 5.41) is 3.99. The zero-order valence-electron chi connectivity index (χ0n) is 21.8. The molecule has 3 aromatic carbocycles. The van der Waals surface area contributed by atoms with E-state index in [0.29, 0.717) is 35.0 Å². The van der Waals surface area contributed by atoms with Crippen LogP contribution in [0.25, 0.3) is 0 Å². The first-order valence-electron chi connectivity index (χ1n) is 12.9. The quantitative estimate of drug-likeness (QED) is 0.272. The first-order valence-corrected chi connectivity index (χ1v) is 13.7. The van der Waals surface area contributed by atoms with Gasteiger partial charge in [-0.1, -0.05) is 105 Å². The summed E-state index contributed by atoms with van der Waals surface area (Å²) >= 11 is 13.0. The Morgan fingerprint density at radius 1 is 0.838 bits per heavy atom. The maximum Gasteiger partial charge on any atom is 0.243 e. The van der Waals surface area contributed by atoms with E-state index in [1.165, 1.54) is 5.56 Å². The number of carbonyl (C=O) groups excluding carboxylic acids is 2. The van der Waals surface area contributed by atoms with E-state index >= 15 is 0 Å². The van der Waals surface area contributed by atoms with Crippen molar-refractivity contribution in [2.75, 3.05) is 6.54 Å². The van der Waals surface area contributed by atoms with Gasteiger partial charge in [0.1, 0.15) is 6.04 Å². The Balaban J connectivity index is 1.93. The van der Waals surface area contributed by atoms with Crippen molar-refractivity contribution < 1.29 is 9.59 Å². The van der Waals surface area contributed by atoms with Crippen molar-refractivity contribution in [2.24, 2.45) is 5.92 Å². The van der Waals surface area contributed by atoms with Crippen LogP contribution in [0.4, 0.5) is 0 Å². The Kier molecular flexibility index (Phi) is 11.0. The lowest BCUT2D eigenvalue weighted by atomic mass is 10.0. The van der Waals surface area contributed by atoms with E-state index in [9.17, 15) is 9.59 Å². The van der Waals surface area contributed by atoms with Gasteiger partial charge in [-0.25, -0.2) is 0 Å². The van der Waals surface area contributed by atoms with Crippen LogP contribution in [0.3, 0.4) is 0 Å². The van der Waals surface area contributed by atoms with Gasteiger partial charge in [-0.2, -0.15) is 0 Å². The average Bonchev–Trinajstić information content (AvgIpc) is 2.90. The van der Waals surface area contributed by atoms with Gasteiger partial charge in [-0.15, -0.1) is 0 Å². The Hall–Kier alpha value is -2.82. The number of benzene rings is 3. The van der Waals surface area contributed by atoms with Crippen LogP contribution in [0, 0.1) is 5.92 Å². The fraction of sp³-hybridized carbons (Fsp3) is 0.355. The molecule has 37 heavy (non-hydrogen) atoms. The second-order valence-electron chi connectivity index (χ2n) is 9.74. The van der Waals surface area contributed by atoms with E-state index in [-0.39, 0.29) is 30.7 Å². The van der Waals surface area contributed by atoms with Crippen molar-refractivity contribution in [3.05, 3.63) is 105 Å². The molecule has 0 bridgehead atoms. The Labute approximate surface area is 231 Å². The van der Waals surface area contributed by atoms with Gasteiger partial charge in [0.2, 0.25) is 11.8 Å². The highest BCUT2D eigenvalue weighted by atomic mass is 35.5. The van der Waals surface area contributed by atoms with Crippen molar-refractivity contribution in [3.8, 4) is 0 Å². The molecule has 1 atom stereocenters. The highest BCUT2D eigenvalue weighted by Crippen LogP contribution is 2.27. The molecule has 0 aliphatic heterocycles. The monoisotopic (exact) mass is 538 g/mol. The molecule has 0 saturated carbocycles. The molecule has 0 heterocycles. The molecular weight excluding hydrogens is 503 g/mol. The van der Waals surface area contributed by atoms with Gasteiger partial charge in [0.15, 0.2) is 0 Å². The lowest BCUT2D eigenvalue weighted by Gasteiger charge is -2.32. The summed E-state index contributed by atoms with van der Waals surface area (Å²) in [4.78, 5) is 29.0. The molecule has 0 saturated heterocycles. The van der Waals surface area contributed by atoms with Crippen LogP contribution in [-0.4, -0.2) is 29.3 Å². The Morgan fingerprint density at radius 2 is 1.46 bits per heavy atom. The molecule has 1 N–H and O–H groups in total. The minimum Gasteiger partial charge on any atom is -0.354 e. The van der Waals surface area contributed by atoms with Crippen molar-refractivity contribution in [1.29, 1.82) is 0 Å². The molecule has 0 aliphatic carbocycles. The number of carbonyl (C=O) groups is 2. The van der Waals surface area contributed by atoms with Gasteiger partial charge in [0.25, 0.3) is 0 Å². The summed E-state index contributed by atoms with van der Waals surface area (Å²) in [5.41, 5.74) is 3.96. The molecule has 196 valence electrons. The number of rotatable bonds is 12. The zero-order valence-corrected chi connectivity index (χ0v) is 23.4. The molecular formula is C31H36Cl2N2O2. The molecule has 6 heteroatoms. The molecule has 0 aliphatic rings. The van der Waals surface area contributed by atoms with Gasteiger partial charge >= 0.3 is 0 Å². The standard InChI is InChI=1S/C31H36Cl2N2O2/c1-4-23-13-15-24(16-14-23)17-18-30(36)35(21-26-27(32)11-8-12-28(26)33)29(31(37)34-20-22(2)3)19-25-9-6-5-7-10-25/h5-16,22,29H,4,17-21H2,1-3H3,(H,34,37)/t29-/m0/s1. The molecule has 0 fully saturated rings. The summed E-state index contributed by atoms with van der Waals surface area (Å²) < 4.78 is 0. The summed E-state index contributed by atoms with van der Waals surface area (Å²) in [7, 11) is 0. The number of halogens is 2. The fourth-order valence-corrected chi connectivity index (χ4v) is 4.68. The highest BCUT2D eigenvalue weighted by Gasteiger charge is 2.31. The minimum atomic E-state index is -0.705. The predicted octanol–water partition coefficient (Wildman–Crippen LogP) is 6.90. The van der Waals surface area contributed by atoms with Gasteiger partial charge in [-0.3, -0.25) is 9.59 Å². The van der Waals surface area contributed by atoms with Crippen molar-refractivity contribution in [3.63, 3.8) is 0 Å². The zero-order chi connectivity index (χ0) is 26.8. The lowest BCUT2D eigenvalue weighted by molar-refractivity contribution is -0.141. The van der Waals surface area contributed by atoms with E-state index in [0.717, 1.165) is 17.5 Å². The summed E-state index contributed by atoms with van der Waals surface area (Å²) in [6.07, 6.45) is 2.22. The lowest BCUT2D eigenvalue weighted by Crippen LogP contribution is -2.51.